The van der Waals surface area contributed by atoms with E-state index in [1.54, 1.807) is 17.4 Å². The van der Waals surface area contributed by atoms with Crippen molar-refractivity contribution in [3.63, 3.8) is 0 Å². The van der Waals surface area contributed by atoms with Gasteiger partial charge in [0.05, 0.1) is 0 Å². The van der Waals surface area contributed by atoms with Gasteiger partial charge in [-0.3, -0.25) is 4.79 Å². The Hall–Kier alpha value is -0.890. The van der Waals surface area contributed by atoms with Crippen molar-refractivity contribution < 1.29 is 4.79 Å². The molecule has 12 heavy (non-hydrogen) atoms. The summed E-state index contributed by atoms with van der Waals surface area (Å²) in [5.41, 5.74) is 2.45. The molecule has 0 N–H and O–H groups in total. The number of aryl methyl sites for hydroxylation is 1. The molecular formula is C10H10OS. The van der Waals surface area contributed by atoms with Crippen LogP contribution < -0.4 is 0 Å². The summed E-state index contributed by atoms with van der Waals surface area (Å²) in [5.74, 6) is 0.272. The van der Waals surface area contributed by atoms with Crippen molar-refractivity contribution in [1.82, 2.24) is 0 Å². The quantitative estimate of drug-likeness (QED) is 0.646. The van der Waals surface area contributed by atoms with Crippen LogP contribution in [0.5, 0.6) is 0 Å². The van der Waals surface area contributed by atoms with Crippen LogP contribution >= 0.6 is 11.3 Å². The summed E-state index contributed by atoms with van der Waals surface area (Å²) in [6.07, 6.45) is 3.40. The van der Waals surface area contributed by atoms with Crippen LogP contribution in [0.1, 0.15) is 23.3 Å². The van der Waals surface area contributed by atoms with Gasteiger partial charge in [0, 0.05) is 11.3 Å². The maximum atomic E-state index is 11.0. The molecule has 1 aromatic heterocycles. The highest BCUT2D eigenvalue weighted by atomic mass is 32.1. The van der Waals surface area contributed by atoms with Gasteiger partial charge in [0.2, 0.25) is 0 Å². The molecule has 0 radical (unpaired) electrons. The molecule has 0 fully saturated rings. The molecule has 1 aromatic rings. The Labute approximate surface area is 75.7 Å². The predicted molar refractivity (Wildman–Crippen MR) is 51.3 cm³/mol. The Kier molecular flexibility index (Phi) is 1.85. The van der Waals surface area contributed by atoms with E-state index in [0.717, 1.165) is 6.42 Å². The Morgan fingerprint density at radius 1 is 1.42 bits per heavy atom. The minimum Gasteiger partial charge on any atom is -0.295 e. The fourth-order valence-corrected chi connectivity index (χ4v) is 2.16. The maximum Gasteiger partial charge on any atom is 0.156 e. The van der Waals surface area contributed by atoms with Crippen LogP contribution in [0.15, 0.2) is 17.5 Å². The van der Waals surface area contributed by atoms with Crippen LogP contribution in [0.4, 0.5) is 0 Å². The summed E-state index contributed by atoms with van der Waals surface area (Å²) in [7, 11) is 0. The third kappa shape index (κ3) is 1.34. The second kappa shape index (κ2) is 2.87. The van der Waals surface area contributed by atoms with E-state index in [2.05, 4.69) is 18.4 Å². The molecule has 0 atom stereocenters. The molecule has 0 bridgehead atoms. The number of thiophene rings is 1. The van der Waals surface area contributed by atoms with Crippen molar-refractivity contribution in [2.24, 2.45) is 0 Å². The van der Waals surface area contributed by atoms with Gasteiger partial charge >= 0.3 is 0 Å². The Bertz CT molecular complexity index is 346. The van der Waals surface area contributed by atoms with E-state index >= 15 is 0 Å². The van der Waals surface area contributed by atoms with Crippen molar-refractivity contribution in [2.45, 2.75) is 19.8 Å². The van der Waals surface area contributed by atoms with E-state index in [-0.39, 0.29) is 5.78 Å². The van der Waals surface area contributed by atoms with Crippen LogP contribution in [0.25, 0.3) is 5.57 Å². The van der Waals surface area contributed by atoms with Crippen LogP contribution in [-0.2, 0) is 4.79 Å². The molecule has 2 heteroatoms. The van der Waals surface area contributed by atoms with E-state index in [9.17, 15) is 4.79 Å². The first-order valence-electron chi connectivity index (χ1n) is 4.04. The zero-order chi connectivity index (χ0) is 8.55. The first-order chi connectivity index (χ1) is 5.75. The van der Waals surface area contributed by atoms with Gasteiger partial charge in [-0.1, -0.05) is 0 Å². The number of carbonyl (C=O) groups excluding carboxylic acids is 1. The normalized spacial score (nSPS) is 16.8. The highest BCUT2D eigenvalue weighted by Gasteiger charge is 2.13. The Morgan fingerprint density at radius 3 is 2.75 bits per heavy atom. The summed E-state index contributed by atoms with van der Waals surface area (Å²) in [6, 6.07) is 2.15. The molecule has 0 amide bonds. The lowest BCUT2D eigenvalue weighted by Crippen LogP contribution is -1.80. The average molecular weight is 178 g/mol. The van der Waals surface area contributed by atoms with E-state index in [0.29, 0.717) is 6.42 Å². The number of rotatable bonds is 1. The van der Waals surface area contributed by atoms with Gasteiger partial charge in [0.15, 0.2) is 5.78 Å². The van der Waals surface area contributed by atoms with E-state index < -0.39 is 0 Å². The first kappa shape index (κ1) is 7.74. The molecule has 2 rings (SSSR count). The van der Waals surface area contributed by atoms with Crippen molar-refractivity contribution in [3.8, 4) is 0 Å². The monoisotopic (exact) mass is 178 g/mol. The van der Waals surface area contributed by atoms with Crippen LogP contribution in [0.2, 0.25) is 0 Å². The number of hydrogen-bond donors (Lipinski definition) is 0. The minimum absolute atomic E-state index is 0.272. The van der Waals surface area contributed by atoms with Gasteiger partial charge < -0.3 is 0 Å². The Balaban J connectivity index is 2.32. The zero-order valence-corrected chi connectivity index (χ0v) is 7.78. The second-order valence-electron chi connectivity index (χ2n) is 3.08. The SMILES string of the molecule is Cc1cc(C2=CC(=O)CC2)cs1. The fraction of sp³-hybridized carbons (Fsp3) is 0.300. The number of allylic oxidation sites excluding steroid dienone is 2. The van der Waals surface area contributed by atoms with E-state index in [4.69, 9.17) is 0 Å². The maximum absolute atomic E-state index is 11.0. The summed E-state index contributed by atoms with van der Waals surface area (Å²) >= 11 is 1.74. The molecule has 0 aliphatic heterocycles. The van der Waals surface area contributed by atoms with Crippen LogP contribution in [0.3, 0.4) is 0 Å². The number of ketones is 1. The highest BCUT2D eigenvalue weighted by molar-refractivity contribution is 7.10. The third-order valence-electron chi connectivity index (χ3n) is 2.08. The minimum atomic E-state index is 0.272. The van der Waals surface area contributed by atoms with Crippen molar-refractivity contribution >= 4 is 22.7 Å². The molecule has 1 aliphatic carbocycles. The lowest BCUT2D eigenvalue weighted by Gasteiger charge is -1.93. The highest BCUT2D eigenvalue weighted by Crippen LogP contribution is 2.28. The van der Waals surface area contributed by atoms with Crippen LogP contribution in [-0.4, -0.2) is 5.78 Å². The Morgan fingerprint density at radius 2 is 2.25 bits per heavy atom. The molecule has 62 valence electrons. The summed E-state index contributed by atoms with van der Waals surface area (Å²) < 4.78 is 0. The van der Waals surface area contributed by atoms with Crippen LogP contribution in [0, 0.1) is 6.92 Å². The average Bonchev–Trinajstić information content (AvgIpc) is 2.58. The molecule has 0 saturated heterocycles. The summed E-state index contributed by atoms with van der Waals surface area (Å²) in [6.45, 7) is 2.09. The van der Waals surface area contributed by atoms with Crippen molar-refractivity contribution in [2.75, 3.05) is 0 Å². The van der Waals surface area contributed by atoms with Gasteiger partial charge in [-0.05, 0) is 42.0 Å². The van der Waals surface area contributed by atoms with Crippen molar-refractivity contribution in [3.05, 3.63) is 28.0 Å². The van der Waals surface area contributed by atoms with Gasteiger partial charge in [0.25, 0.3) is 0 Å². The molecular weight excluding hydrogens is 168 g/mol. The molecule has 0 unspecified atom stereocenters. The second-order valence-corrected chi connectivity index (χ2v) is 4.20. The predicted octanol–water partition coefficient (Wildman–Crippen LogP) is 2.80. The van der Waals surface area contributed by atoms with Gasteiger partial charge in [-0.15, -0.1) is 11.3 Å². The third-order valence-corrected chi connectivity index (χ3v) is 2.94. The fourth-order valence-electron chi connectivity index (χ4n) is 1.44. The molecule has 1 heterocycles. The largest absolute Gasteiger partial charge is 0.295 e. The lowest BCUT2D eigenvalue weighted by molar-refractivity contribution is -0.114. The first-order valence-corrected chi connectivity index (χ1v) is 4.92. The molecule has 0 spiro atoms. The number of hydrogen-bond acceptors (Lipinski definition) is 2. The van der Waals surface area contributed by atoms with E-state index in [1.807, 2.05) is 0 Å². The number of carbonyl (C=O) groups is 1. The lowest BCUT2D eigenvalue weighted by atomic mass is 10.1. The van der Waals surface area contributed by atoms with Gasteiger partial charge in [0.1, 0.15) is 0 Å². The van der Waals surface area contributed by atoms with E-state index in [1.165, 1.54) is 16.0 Å². The molecule has 0 aromatic carbocycles. The molecule has 1 aliphatic rings. The van der Waals surface area contributed by atoms with Gasteiger partial charge in [-0.25, -0.2) is 0 Å². The zero-order valence-electron chi connectivity index (χ0n) is 6.96. The summed E-state index contributed by atoms with van der Waals surface area (Å²) in [5, 5.41) is 2.12. The smallest absolute Gasteiger partial charge is 0.156 e. The molecule has 0 saturated carbocycles. The van der Waals surface area contributed by atoms with Crippen molar-refractivity contribution in [1.29, 1.82) is 0 Å². The molecule has 1 nitrogen and oxygen atoms in total. The summed E-state index contributed by atoms with van der Waals surface area (Å²) in [4.78, 5) is 12.3. The topological polar surface area (TPSA) is 17.1 Å². The van der Waals surface area contributed by atoms with Gasteiger partial charge in [-0.2, -0.15) is 0 Å². The standard InChI is InChI=1S/C10H10OS/c1-7-4-9(6-12-7)8-2-3-10(11)5-8/h4-6H,2-3H2,1H3.